The van der Waals surface area contributed by atoms with Crippen molar-refractivity contribution in [3.05, 3.63) is 29.8 Å². The molecular formula is C13H18N2O2. The molecule has 4 nitrogen and oxygen atoms in total. The van der Waals surface area contributed by atoms with Crippen LogP contribution in [-0.4, -0.2) is 31.9 Å². The number of methoxy groups -OCH3 is 1. The number of hydrogen-bond donors (Lipinski definition) is 1. The number of hydrogen-bond acceptors (Lipinski definition) is 4. The Balaban J connectivity index is 2.83. The van der Waals surface area contributed by atoms with Crippen molar-refractivity contribution in [1.29, 1.82) is 5.26 Å². The summed E-state index contributed by atoms with van der Waals surface area (Å²) in [6.45, 7) is 1.98. The smallest absolute Gasteiger partial charge is 0.0702 e. The summed E-state index contributed by atoms with van der Waals surface area (Å²) in [6, 6.07) is 9.81. The van der Waals surface area contributed by atoms with Crippen molar-refractivity contribution in [1.82, 2.24) is 0 Å². The van der Waals surface area contributed by atoms with Gasteiger partial charge in [0.05, 0.1) is 25.7 Å². The number of ether oxygens (including phenoxy) is 1. The second-order valence-electron chi connectivity index (χ2n) is 3.67. The quantitative estimate of drug-likeness (QED) is 0.777. The van der Waals surface area contributed by atoms with E-state index >= 15 is 0 Å². The predicted octanol–water partition coefficient (Wildman–Crippen LogP) is 1.55. The zero-order valence-electron chi connectivity index (χ0n) is 10.1. The lowest BCUT2D eigenvalue weighted by atomic mass is 10.1. The van der Waals surface area contributed by atoms with Gasteiger partial charge in [0.1, 0.15) is 0 Å². The Morgan fingerprint density at radius 1 is 1.35 bits per heavy atom. The minimum atomic E-state index is 0.00616. The molecule has 17 heavy (non-hydrogen) atoms. The van der Waals surface area contributed by atoms with Crippen molar-refractivity contribution in [2.75, 3.05) is 31.7 Å². The molecule has 0 heterocycles. The van der Waals surface area contributed by atoms with Crippen molar-refractivity contribution in [2.24, 2.45) is 0 Å². The second kappa shape index (κ2) is 7.66. The van der Waals surface area contributed by atoms with Crippen LogP contribution in [0.5, 0.6) is 0 Å². The lowest BCUT2D eigenvalue weighted by Gasteiger charge is -2.25. The van der Waals surface area contributed by atoms with E-state index in [0.29, 0.717) is 19.6 Å². The van der Waals surface area contributed by atoms with Crippen LogP contribution in [0.2, 0.25) is 0 Å². The summed E-state index contributed by atoms with van der Waals surface area (Å²) in [4.78, 5) is 2.07. The molecule has 0 aliphatic heterocycles. The highest BCUT2D eigenvalue weighted by Gasteiger charge is 2.09. The van der Waals surface area contributed by atoms with Crippen LogP contribution in [0.25, 0.3) is 0 Å². The molecule has 92 valence electrons. The maximum absolute atomic E-state index is 9.30. The number of aliphatic hydroxyl groups is 1. The van der Waals surface area contributed by atoms with E-state index < -0.39 is 0 Å². The van der Waals surface area contributed by atoms with Crippen molar-refractivity contribution >= 4 is 5.69 Å². The van der Waals surface area contributed by atoms with Crippen LogP contribution in [0.1, 0.15) is 12.0 Å². The maximum atomic E-state index is 9.30. The van der Waals surface area contributed by atoms with Gasteiger partial charge in [0.15, 0.2) is 0 Å². The molecule has 1 N–H and O–H groups in total. The summed E-state index contributed by atoms with van der Waals surface area (Å²) in [5, 5.41) is 18.0. The van der Waals surface area contributed by atoms with Gasteiger partial charge < -0.3 is 14.7 Å². The van der Waals surface area contributed by atoms with E-state index in [-0.39, 0.29) is 6.61 Å². The average molecular weight is 234 g/mol. The molecule has 0 amide bonds. The maximum Gasteiger partial charge on any atom is 0.0702 e. The SMILES string of the molecule is COCCN(CCC#N)c1ccccc1CO. The number of nitriles is 1. The Kier molecular flexibility index (Phi) is 6.08. The molecule has 0 spiro atoms. The van der Waals surface area contributed by atoms with E-state index in [9.17, 15) is 5.11 Å². The van der Waals surface area contributed by atoms with Crippen LogP contribution < -0.4 is 4.90 Å². The number of para-hydroxylation sites is 1. The van der Waals surface area contributed by atoms with E-state index in [1.807, 2.05) is 24.3 Å². The van der Waals surface area contributed by atoms with Crippen molar-refractivity contribution < 1.29 is 9.84 Å². The van der Waals surface area contributed by atoms with E-state index in [1.54, 1.807) is 7.11 Å². The molecule has 0 aromatic heterocycles. The standard InChI is InChI=1S/C13H18N2O2/c1-17-10-9-15(8-4-7-14)13-6-3-2-5-12(13)11-16/h2-3,5-6,16H,4,8-11H2,1H3. The summed E-state index contributed by atoms with van der Waals surface area (Å²) in [6.07, 6.45) is 0.462. The molecule has 0 aliphatic carbocycles. The molecular weight excluding hydrogens is 216 g/mol. The summed E-state index contributed by atoms with van der Waals surface area (Å²) >= 11 is 0. The Morgan fingerprint density at radius 2 is 2.12 bits per heavy atom. The lowest BCUT2D eigenvalue weighted by Crippen LogP contribution is -2.29. The summed E-state index contributed by atoms with van der Waals surface area (Å²) in [5.41, 5.74) is 1.85. The van der Waals surface area contributed by atoms with Crippen LogP contribution in [-0.2, 0) is 11.3 Å². The fourth-order valence-corrected chi connectivity index (χ4v) is 1.69. The van der Waals surface area contributed by atoms with Crippen LogP contribution in [0.3, 0.4) is 0 Å². The largest absolute Gasteiger partial charge is 0.392 e. The second-order valence-corrected chi connectivity index (χ2v) is 3.67. The highest BCUT2D eigenvalue weighted by Crippen LogP contribution is 2.20. The molecule has 1 aromatic rings. The monoisotopic (exact) mass is 234 g/mol. The Labute approximate surface area is 102 Å². The third kappa shape index (κ3) is 4.06. The van der Waals surface area contributed by atoms with E-state index in [2.05, 4.69) is 11.0 Å². The third-order valence-electron chi connectivity index (χ3n) is 2.56. The van der Waals surface area contributed by atoms with Gasteiger partial charge in [0, 0.05) is 31.5 Å². The molecule has 0 unspecified atom stereocenters. The van der Waals surface area contributed by atoms with Gasteiger partial charge in [0.2, 0.25) is 0 Å². The van der Waals surface area contributed by atoms with Gasteiger partial charge in [-0.2, -0.15) is 5.26 Å². The molecule has 0 aliphatic rings. The molecule has 0 fully saturated rings. The molecule has 0 saturated heterocycles. The van der Waals surface area contributed by atoms with Gasteiger partial charge in [-0.25, -0.2) is 0 Å². The van der Waals surface area contributed by atoms with Gasteiger partial charge in [-0.3, -0.25) is 0 Å². The van der Waals surface area contributed by atoms with E-state index in [0.717, 1.165) is 17.8 Å². The van der Waals surface area contributed by atoms with Crippen molar-refractivity contribution in [2.45, 2.75) is 13.0 Å². The molecule has 0 saturated carbocycles. The van der Waals surface area contributed by atoms with Gasteiger partial charge in [-0.1, -0.05) is 18.2 Å². The first-order valence-corrected chi connectivity index (χ1v) is 5.63. The Bertz CT molecular complexity index is 374. The molecule has 1 rings (SSSR count). The predicted molar refractivity (Wildman–Crippen MR) is 66.7 cm³/mol. The van der Waals surface area contributed by atoms with Crippen molar-refractivity contribution in [3.8, 4) is 6.07 Å². The molecule has 0 radical (unpaired) electrons. The third-order valence-corrected chi connectivity index (χ3v) is 2.56. The van der Waals surface area contributed by atoms with Crippen LogP contribution >= 0.6 is 0 Å². The number of anilines is 1. The molecule has 1 aromatic carbocycles. The molecule has 0 atom stereocenters. The minimum absolute atomic E-state index is 0.00616. The van der Waals surface area contributed by atoms with E-state index in [1.165, 1.54) is 0 Å². The zero-order valence-corrected chi connectivity index (χ0v) is 10.1. The van der Waals surface area contributed by atoms with Crippen LogP contribution in [0.15, 0.2) is 24.3 Å². The topological polar surface area (TPSA) is 56.5 Å². The fourth-order valence-electron chi connectivity index (χ4n) is 1.69. The van der Waals surface area contributed by atoms with Gasteiger partial charge in [-0.15, -0.1) is 0 Å². The van der Waals surface area contributed by atoms with Crippen LogP contribution in [0.4, 0.5) is 5.69 Å². The number of benzene rings is 1. The summed E-state index contributed by atoms with van der Waals surface area (Å²) in [7, 11) is 1.65. The first kappa shape index (κ1) is 13.5. The van der Waals surface area contributed by atoms with E-state index in [4.69, 9.17) is 10.00 Å². The lowest BCUT2D eigenvalue weighted by molar-refractivity contribution is 0.205. The Hall–Kier alpha value is -1.57. The number of nitrogens with zero attached hydrogens (tertiary/aromatic N) is 2. The highest BCUT2D eigenvalue weighted by molar-refractivity contribution is 5.53. The average Bonchev–Trinajstić information content (AvgIpc) is 2.39. The van der Waals surface area contributed by atoms with Crippen LogP contribution in [0, 0.1) is 11.3 Å². The molecule has 4 heteroatoms. The van der Waals surface area contributed by atoms with Gasteiger partial charge in [-0.05, 0) is 6.07 Å². The first-order chi connectivity index (χ1) is 8.33. The fraction of sp³-hybridized carbons (Fsp3) is 0.462. The minimum Gasteiger partial charge on any atom is -0.392 e. The van der Waals surface area contributed by atoms with Crippen molar-refractivity contribution in [3.63, 3.8) is 0 Å². The number of aliphatic hydroxyl groups excluding tert-OH is 1. The summed E-state index contributed by atoms with van der Waals surface area (Å²) < 4.78 is 5.06. The summed E-state index contributed by atoms with van der Waals surface area (Å²) in [5.74, 6) is 0. The van der Waals surface area contributed by atoms with Gasteiger partial charge >= 0.3 is 0 Å². The van der Waals surface area contributed by atoms with Gasteiger partial charge in [0.25, 0.3) is 0 Å². The normalized spacial score (nSPS) is 9.94. The highest BCUT2D eigenvalue weighted by atomic mass is 16.5. The zero-order chi connectivity index (χ0) is 12.5. The molecule has 0 bridgehead atoms. The first-order valence-electron chi connectivity index (χ1n) is 5.63. The Morgan fingerprint density at radius 3 is 2.76 bits per heavy atom. The number of rotatable bonds is 7.